The molecule has 122 valence electrons. The molecule has 0 radical (unpaired) electrons. The topological polar surface area (TPSA) is 43.8 Å². The number of aliphatic hydroxyl groups is 1. The van der Waals surface area contributed by atoms with Crippen molar-refractivity contribution in [2.75, 3.05) is 32.7 Å². The number of carbonyl (C=O) groups is 1. The minimum Gasteiger partial charge on any atom is -0.392 e. The Morgan fingerprint density at radius 3 is 2.32 bits per heavy atom. The largest absolute Gasteiger partial charge is 0.392 e. The number of halogens is 1. The fraction of sp³-hybridized carbons (Fsp3) is 0.588. The van der Waals surface area contributed by atoms with E-state index in [1.54, 1.807) is 19.1 Å². The van der Waals surface area contributed by atoms with Crippen molar-refractivity contribution in [1.82, 2.24) is 9.80 Å². The van der Waals surface area contributed by atoms with Crippen LogP contribution in [-0.2, 0) is 11.2 Å². The molecule has 4 nitrogen and oxygen atoms in total. The molecule has 1 heterocycles. The molecule has 22 heavy (non-hydrogen) atoms. The maximum atomic E-state index is 12.9. The van der Waals surface area contributed by atoms with Gasteiger partial charge in [-0.05, 0) is 31.0 Å². The van der Waals surface area contributed by atoms with Crippen LogP contribution in [0.25, 0.3) is 0 Å². The quantitative estimate of drug-likeness (QED) is 0.897. The van der Waals surface area contributed by atoms with Crippen molar-refractivity contribution in [3.63, 3.8) is 0 Å². The molecule has 1 amide bonds. The average Bonchev–Trinajstić information content (AvgIpc) is 2.49. The summed E-state index contributed by atoms with van der Waals surface area (Å²) in [5, 5.41) is 9.40. The van der Waals surface area contributed by atoms with Gasteiger partial charge in [0.05, 0.1) is 6.10 Å². The molecule has 0 aromatic heterocycles. The number of benzene rings is 1. The van der Waals surface area contributed by atoms with Crippen LogP contribution in [0.2, 0.25) is 0 Å². The molecule has 1 aliphatic rings. The number of piperazine rings is 1. The highest BCUT2D eigenvalue weighted by Crippen LogP contribution is 2.14. The second-order valence-electron chi connectivity index (χ2n) is 6.21. The van der Waals surface area contributed by atoms with Crippen molar-refractivity contribution in [3.8, 4) is 0 Å². The van der Waals surface area contributed by atoms with E-state index in [1.807, 2.05) is 11.8 Å². The molecule has 1 aliphatic heterocycles. The second kappa shape index (κ2) is 7.70. The summed E-state index contributed by atoms with van der Waals surface area (Å²) < 4.78 is 12.9. The lowest BCUT2D eigenvalue weighted by Crippen LogP contribution is -2.51. The summed E-state index contributed by atoms with van der Waals surface area (Å²) in [6, 6.07) is 6.34. The number of nitrogens with zero attached hydrogens (tertiary/aromatic N) is 2. The fourth-order valence-corrected chi connectivity index (χ4v) is 2.90. The molecule has 0 bridgehead atoms. The second-order valence-corrected chi connectivity index (χ2v) is 6.21. The summed E-state index contributed by atoms with van der Waals surface area (Å²) in [6.45, 7) is 7.39. The standard InChI is InChI=1S/C17H25FN2O2/c1-13(11-15-3-5-16(18)6-4-15)17(22)20-9-7-19(8-10-20)12-14(2)21/h3-6,13-14,21H,7-12H2,1-2H3/t13-,14+/m1/s1. The number of aliphatic hydroxyl groups excluding tert-OH is 1. The molecule has 1 saturated heterocycles. The first kappa shape index (κ1) is 16.9. The van der Waals surface area contributed by atoms with E-state index in [-0.39, 0.29) is 23.7 Å². The predicted octanol–water partition coefficient (Wildman–Crippen LogP) is 1.53. The first-order valence-corrected chi connectivity index (χ1v) is 7.89. The molecule has 0 saturated carbocycles. The van der Waals surface area contributed by atoms with Crippen molar-refractivity contribution in [1.29, 1.82) is 0 Å². The van der Waals surface area contributed by atoms with Crippen molar-refractivity contribution in [2.24, 2.45) is 5.92 Å². The lowest BCUT2D eigenvalue weighted by molar-refractivity contribution is -0.136. The van der Waals surface area contributed by atoms with E-state index in [0.717, 1.165) is 18.7 Å². The highest BCUT2D eigenvalue weighted by atomic mass is 19.1. The van der Waals surface area contributed by atoms with E-state index < -0.39 is 0 Å². The number of β-amino-alcohol motifs (C(OH)–C–C–N with tert-alkyl or cyclic N) is 1. The zero-order valence-corrected chi connectivity index (χ0v) is 13.3. The monoisotopic (exact) mass is 308 g/mol. The van der Waals surface area contributed by atoms with Crippen LogP contribution in [0.15, 0.2) is 24.3 Å². The normalized spacial score (nSPS) is 19.0. The number of rotatable bonds is 5. The van der Waals surface area contributed by atoms with Crippen LogP contribution in [0.4, 0.5) is 4.39 Å². The molecule has 0 aliphatic carbocycles. The van der Waals surface area contributed by atoms with E-state index in [1.165, 1.54) is 12.1 Å². The Kier molecular flexibility index (Phi) is 5.91. The Morgan fingerprint density at radius 2 is 1.77 bits per heavy atom. The third-order valence-corrected chi connectivity index (χ3v) is 4.08. The molecule has 2 atom stereocenters. The van der Waals surface area contributed by atoms with Gasteiger partial charge in [0.25, 0.3) is 0 Å². The SMILES string of the molecule is C[C@H](O)CN1CCN(C(=O)[C@H](C)Cc2ccc(F)cc2)CC1. The highest BCUT2D eigenvalue weighted by Gasteiger charge is 2.25. The van der Waals surface area contributed by atoms with E-state index in [4.69, 9.17) is 0 Å². The molecule has 1 fully saturated rings. The van der Waals surface area contributed by atoms with Gasteiger partial charge in [-0.1, -0.05) is 19.1 Å². The van der Waals surface area contributed by atoms with Gasteiger partial charge in [0.2, 0.25) is 5.91 Å². The zero-order valence-electron chi connectivity index (χ0n) is 13.3. The van der Waals surface area contributed by atoms with Gasteiger partial charge in [-0.3, -0.25) is 9.69 Å². The minimum atomic E-state index is -0.334. The van der Waals surface area contributed by atoms with Crippen molar-refractivity contribution in [3.05, 3.63) is 35.6 Å². The van der Waals surface area contributed by atoms with Crippen molar-refractivity contribution < 1.29 is 14.3 Å². The molecule has 1 aromatic carbocycles. The fourth-order valence-electron chi connectivity index (χ4n) is 2.90. The molecule has 0 spiro atoms. The van der Waals surface area contributed by atoms with E-state index in [0.29, 0.717) is 26.1 Å². The van der Waals surface area contributed by atoms with Crippen molar-refractivity contribution >= 4 is 5.91 Å². The first-order valence-electron chi connectivity index (χ1n) is 7.89. The van der Waals surface area contributed by atoms with Gasteiger partial charge in [-0.2, -0.15) is 0 Å². The summed E-state index contributed by atoms with van der Waals surface area (Å²) in [5.74, 6) is -0.202. The summed E-state index contributed by atoms with van der Waals surface area (Å²) in [4.78, 5) is 16.6. The van der Waals surface area contributed by atoms with E-state index >= 15 is 0 Å². The Labute approximate surface area is 131 Å². The van der Waals surface area contributed by atoms with Crippen LogP contribution in [0.1, 0.15) is 19.4 Å². The zero-order chi connectivity index (χ0) is 16.1. The highest BCUT2D eigenvalue weighted by molar-refractivity contribution is 5.78. The Bertz CT molecular complexity index is 482. The molecule has 2 rings (SSSR count). The van der Waals surface area contributed by atoms with Crippen molar-refractivity contribution in [2.45, 2.75) is 26.4 Å². The van der Waals surface area contributed by atoms with Gasteiger partial charge in [0, 0.05) is 38.6 Å². The molecular weight excluding hydrogens is 283 g/mol. The third-order valence-electron chi connectivity index (χ3n) is 4.08. The predicted molar refractivity (Wildman–Crippen MR) is 84.0 cm³/mol. The third kappa shape index (κ3) is 4.78. The maximum absolute atomic E-state index is 12.9. The number of hydrogen-bond donors (Lipinski definition) is 1. The average molecular weight is 308 g/mol. The summed E-state index contributed by atoms with van der Waals surface area (Å²) in [5.41, 5.74) is 0.981. The number of amides is 1. The van der Waals surface area contributed by atoms with Crippen LogP contribution in [-0.4, -0.2) is 59.6 Å². The van der Waals surface area contributed by atoms with Crippen LogP contribution in [0, 0.1) is 11.7 Å². The first-order chi connectivity index (χ1) is 10.5. The van der Waals surface area contributed by atoms with Gasteiger partial charge >= 0.3 is 0 Å². The van der Waals surface area contributed by atoms with Crippen LogP contribution >= 0.6 is 0 Å². The van der Waals surface area contributed by atoms with Gasteiger partial charge in [0.1, 0.15) is 5.82 Å². The smallest absolute Gasteiger partial charge is 0.225 e. The Balaban J connectivity index is 1.82. The maximum Gasteiger partial charge on any atom is 0.225 e. The summed E-state index contributed by atoms with van der Waals surface area (Å²) >= 11 is 0. The Morgan fingerprint density at radius 1 is 1.18 bits per heavy atom. The van der Waals surface area contributed by atoms with Crippen LogP contribution in [0.5, 0.6) is 0 Å². The number of carbonyl (C=O) groups excluding carboxylic acids is 1. The number of hydrogen-bond acceptors (Lipinski definition) is 3. The van der Waals surface area contributed by atoms with Crippen LogP contribution in [0.3, 0.4) is 0 Å². The molecule has 1 N–H and O–H groups in total. The minimum absolute atomic E-state index is 0.103. The van der Waals surface area contributed by atoms with Gasteiger partial charge in [-0.25, -0.2) is 4.39 Å². The lowest BCUT2D eigenvalue weighted by Gasteiger charge is -2.36. The lowest BCUT2D eigenvalue weighted by atomic mass is 9.99. The summed E-state index contributed by atoms with van der Waals surface area (Å²) in [6.07, 6.45) is 0.298. The van der Waals surface area contributed by atoms with E-state index in [2.05, 4.69) is 4.90 Å². The van der Waals surface area contributed by atoms with Gasteiger partial charge in [0.15, 0.2) is 0 Å². The Hall–Kier alpha value is -1.46. The molecule has 0 unspecified atom stereocenters. The van der Waals surface area contributed by atoms with Gasteiger partial charge in [-0.15, -0.1) is 0 Å². The van der Waals surface area contributed by atoms with Crippen LogP contribution < -0.4 is 0 Å². The molecule has 1 aromatic rings. The van der Waals surface area contributed by atoms with Gasteiger partial charge < -0.3 is 10.0 Å². The molecular formula is C17H25FN2O2. The molecule has 5 heteroatoms. The van der Waals surface area contributed by atoms with E-state index in [9.17, 15) is 14.3 Å². The summed E-state index contributed by atoms with van der Waals surface area (Å²) in [7, 11) is 0.